The smallest absolute Gasteiger partial charge is 0.278 e. The van der Waals surface area contributed by atoms with Crippen molar-refractivity contribution in [1.29, 1.82) is 0 Å². The summed E-state index contributed by atoms with van der Waals surface area (Å²) in [5.41, 5.74) is 4.36. The molecule has 152 valence electrons. The third-order valence-corrected chi connectivity index (χ3v) is 5.10. The van der Waals surface area contributed by atoms with Crippen molar-refractivity contribution in [3.05, 3.63) is 51.7 Å². The van der Waals surface area contributed by atoms with Crippen LogP contribution in [0, 0.1) is 20.8 Å². The second-order valence-corrected chi connectivity index (χ2v) is 7.11. The maximum absolute atomic E-state index is 13.1. The van der Waals surface area contributed by atoms with Crippen molar-refractivity contribution in [3.8, 4) is 11.5 Å². The summed E-state index contributed by atoms with van der Waals surface area (Å²) in [5, 5.41) is 11.0. The Morgan fingerprint density at radius 2 is 1.72 bits per heavy atom. The Morgan fingerprint density at radius 1 is 1.03 bits per heavy atom. The summed E-state index contributed by atoms with van der Waals surface area (Å²) in [5.74, 6) is 2.29. The number of nitrogens with zero attached hydrogens (tertiary/aromatic N) is 2. The van der Waals surface area contributed by atoms with Crippen molar-refractivity contribution in [2.75, 3.05) is 12.1 Å². The zero-order valence-corrected chi connectivity index (χ0v) is 16.9. The number of rotatable bonds is 6. The van der Waals surface area contributed by atoms with E-state index < -0.39 is 0 Å². The fraction of sp³-hybridized carbons (Fsp3) is 0.381. The van der Waals surface area contributed by atoms with Crippen molar-refractivity contribution in [1.82, 2.24) is 10.3 Å². The Hall–Kier alpha value is -3.29. The molecule has 8 heteroatoms. The first kappa shape index (κ1) is 19.0. The van der Waals surface area contributed by atoms with E-state index in [1.54, 1.807) is 13.0 Å². The van der Waals surface area contributed by atoms with E-state index in [1.807, 2.05) is 19.9 Å². The van der Waals surface area contributed by atoms with Gasteiger partial charge in [-0.1, -0.05) is 23.7 Å². The second-order valence-electron chi connectivity index (χ2n) is 7.11. The predicted octanol–water partition coefficient (Wildman–Crippen LogP) is 4.11. The van der Waals surface area contributed by atoms with E-state index in [2.05, 4.69) is 22.6 Å². The number of aromatic nitrogens is 2. The van der Waals surface area contributed by atoms with Crippen LogP contribution in [0.25, 0.3) is 0 Å². The standard InChI is InChI=1S/C21H23N3O5/c1-5-6-14-7-18-19(27-10-26-18)9-17(14)22-21(25)20-16(13(4)29-24-20)8-15-11(2)23-28-12(15)3/h7,9H,5-6,8,10H2,1-4H3,(H,22,25). The lowest BCUT2D eigenvalue weighted by molar-refractivity contribution is 0.101. The summed E-state index contributed by atoms with van der Waals surface area (Å²) in [7, 11) is 0. The summed E-state index contributed by atoms with van der Waals surface area (Å²) in [4.78, 5) is 13.1. The lowest BCUT2D eigenvalue weighted by Gasteiger charge is -2.12. The Bertz CT molecular complexity index is 1050. The number of nitrogens with one attached hydrogen (secondary N) is 1. The largest absolute Gasteiger partial charge is 0.454 e. The highest BCUT2D eigenvalue weighted by molar-refractivity contribution is 6.04. The number of hydrogen-bond acceptors (Lipinski definition) is 7. The highest BCUT2D eigenvalue weighted by Gasteiger charge is 2.24. The zero-order valence-electron chi connectivity index (χ0n) is 16.9. The van der Waals surface area contributed by atoms with Gasteiger partial charge < -0.3 is 23.8 Å². The molecule has 3 aromatic rings. The van der Waals surface area contributed by atoms with E-state index in [0.29, 0.717) is 29.4 Å². The van der Waals surface area contributed by atoms with E-state index in [0.717, 1.165) is 41.0 Å². The van der Waals surface area contributed by atoms with Gasteiger partial charge in [-0.25, -0.2) is 0 Å². The van der Waals surface area contributed by atoms with Gasteiger partial charge in [0.25, 0.3) is 5.91 Å². The molecule has 1 aromatic carbocycles. The van der Waals surface area contributed by atoms with Crippen molar-refractivity contribution < 1.29 is 23.3 Å². The van der Waals surface area contributed by atoms with Gasteiger partial charge in [0.1, 0.15) is 11.5 Å². The Kier molecular flexibility index (Phi) is 5.00. The number of carbonyl (C=O) groups is 1. The van der Waals surface area contributed by atoms with E-state index in [9.17, 15) is 4.79 Å². The molecule has 0 radical (unpaired) electrons. The van der Waals surface area contributed by atoms with Crippen LogP contribution in [-0.4, -0.2) is 23.0 Å². The van der Waals surface area contributed by atoms with Crippen LogP contribution in [0.5, 0.6) is 11.5 Å². The minimum atomic E-state index is -0.333. The van der Waals surface area contributed by atoms with Gasteiger partial charge in [-0.3, -0.25) is 4.79 Å². The summed E-state index contributed by atoms with van der Waals surface area (Å²) < 4.78 is 21.5. The number of amides is 1. The number of benzene rings is 1. The molecule has 8 nitrogen and oxygen atoms in total. The van der Waals surface area contributed by atoms with Gasteiger partial charge in [-0.2, -0.15) is 0 Å². The molecule has 0 fully saturated rings. The molecule has 1 amide bonds. The molecule has 0 atom stereocenters. The van der Waals surface area contributed by atoms with E-state index in [4.69, 9.17) is 18.5 Å². The number of aryl methyl sites for hydroxylation is 4. The second kappa shape index (κ2) is 7.62. The number of fused-ring (bicyclic) bond motifs is 1. The van der Waals surface area contributed by atoms with E-state index in [-0.39, 0.29) is 18.4 Å². The van der Waals surface area contributed by atoms with Crippen LogP contribution in [0.2, 0.25) is 0 Å². The molecular weight excluding hydrogens is 374 g/mol. The summed E-state index contributed by atoms with van der Waals surface area (Å²) in [6, 6.07) is 3.71. The van der Waals surface area contributed by atoms with E-state index in [1.165, 1.54) is 0 Å². The molecule has 29 heavy (non-hydrogen) atoms. The minimum Gasteiger partial charge on any atom is -0.454 e. The van der Waals surface area contributed by atoms with Crippen molar-refractivity contribution in [2.45, 2.75) is 47.0 Å². The number of hydrogen-bond donors (Lipinski definition) is 1. The average molecular weight is 397 g/mol. The highest BCUT2D eigenvalue weighted by Crippen LogP contribution is 2.38. The maximum atomic E-state index is 13.1. The van der Waals surface area contributed by atoms with Crippen LogP contribution in [0.1, 0.15) is 57.7 Å². The molecule has 0 spiro atoms. The molecule has 4 rings (SSSR count). The number of anilines is 1. The molecule has 0 aliphatic carbocycles. The average Bonchev–Trinajstić information content (AvgIpc) is 3.38. The Morgan fingerprint density at radius 3 is 2.41 bits per heavy atom. The van der Waals surface area contributed by atoms with Crippen LogP contribution in [0.3, 0.4) is 0 Å². The van der Waals surface area contributed by atoms with Crippen LogP contribution < -0.4 is 14.8 Å². The van der Waals surface area contributed by atoms with Crippen molar-refractivity contribution >= 4 is 11.6 Å². The molecule has 1 N–H and O–H groups in total. The normalized spacial score (nSPS) is 12.4. The first-order valence-corrected chi connectivity index (χ1v) is 9.58. The monoisotopic (exact) mass is 397 g/mol. The molecule has 2 aromatic heterocycles. The van der Waals surface area contributed by atoms with Gasteiger partial charge in [0.2, 0.25) is 6.79 Å². The fourth-order valence-corrected chi connectivity index (χ4v) is 3.47. The molecule has 0 saturated heterocycles. The molecule has 0 bridgehead atoms. The van der Waals surface area contributed by atoms with Crippen molar-refractivity contribution in [2.24, 2.45) is 0 Å². The SMILES string of the molecule is CCCc1cc2c(cc1NC(=O)c1noc(C)c1Cc1c(C)noc1C)OCO2. The number of ether oxygens (including phenoxy) is 2. The predicted molar refractivity (Wildman–Crippen MR) is 105 cm³/mol. The Labute approximate surface area is 168 Å². The van der Waals surface area contributed by atoms with Crippen LogP contribution >= 0.6 is 0 Å². The molecule has 0 saturated carbocycles. The van der Waals surface area contributed by atoms with Crippen LogP contribution in [-0.2, 0) is 12.8 Å². The van der Waals surface area contributed by atoms with Crippen LogP contribution in [0.15, 0.2) is 21.2 Å². The maximum Gasteiger partial charge on any atom is 0.278 e. The quantitative estimate of drug-likeness (QED) is 0.668. The molecule has 1 aliphatic rings. The number of carbonyl (C=O) groups excluding carboxylic acids is 1. The van der Waals surface area contributed by atoms with Gasteiger partial charge >= 0.3 is 0 Å². The summed E-state index contributed by atoms with van der Waals surface area (Å²) in [6.07, 6.45) is 2.20. The molecular formula is C21H23N3O5. The van der Waals surface area contributed by atoms with Gasteiger partial charge in [-0.05, 0) is 38.8 Å². The topological polar surface area (TPSA) is 99.6 Å². The van der Waals surface area contributed by atoms with E-state index >= 15 is 0 Å². The molecule has 0 unspecified atom stereocenters. The Balaban J connectivity index is 1.63. The van der Waals surface area contributed by atoms with Gasteiger partial charge in [0.15, 0.2) is 17.2 Å². The third-order valence-electron chi connectivity index (χ3n) is 5.10. The lowest BCUT2D eigenvalue weighted by atomic mass is 10.0. The molecule has 3 heterocycles. The van der Waals surface area contributed by atoms with Gasteiger partial charge in [-0.15, -0.1) is 0 Å². The van der Waals surface area contributed by atoms with Gasteiger partial charge in [0.05, 0.1) is 5.69 Å². The first-order chi connectivity index (χ1) is 14.0. The summed E-state index contributed by atoms with van der Waals surface area (Å²) in [6.45, 7) is 7.78. The van der Waals surface area contributed by atoms with Crippen LogP contribution in [0.4, 0.5) is 5.69 Å². The highest BCUT2D eigenvalue weighted by atomic mass is 16.7. The van der Waals surface area contributed by atoms with Gasteiger partial charge in [0, 0.05) is 29.3 Å². The molecule has 1 aliphatic heterocycles. The van der Waals surface area contributed by atoms with Crippen molar-refractivity contribution in [3.63, 3.8) is 0 Å². The fourth-order valence-electron chi connectivity index (χ4n) is 3.47. The minimum absolute atomic E-state index is 0.183. The lowest BCUT2D eigenvalue weighted by Crippen LogP contribution is -2.16. The third kappa shape index (κ3) is 3.57. The summed E-state index contributed by atoms with van der Waals surface area (Å²) >= 11 is 0. The zero-order chi connectivity index (χ0) is 20.5. The first-order valence-electron chi connectivity index (χ1n) is 9.58.